The van der Waals surface area contributed by atoms with Crippen molar-refractivity contribution in [1.82, 2.24) is 0 Å². The second-order valence-corrected chi connectivity index (χ2v) is 4.85. The van der Waals surface area contributed by atoms with Gasteiger partial charge in [-0.25, -0.2) is 9.88 Å². The van der Waals surface area contributed by atoms with Crippen LogP contribution in [0.25, 0.3) is 0 Å². The molecule has 2 aromatic rings. The predicted molar refractivity (Wildman–Crippen MR) is 69.7 cm³/mol. The molecule has 0 fully saturated rings. The minimum atomic E-state index is 0. The summed E-state index contributed by atoms with van der Waals surface area (Å²) in [5, 5.41) is 7.46. The number of benzene rings is 1. The van der Waals surface area contributed by atoms with Crippen LogP contribution in [0.15, 0.2) is 29.6 Å². The minimum absolute atomic E-state index is 0. The van der Waals surface area contributed by atoms with E-state index < -0.39 is 0 Å². The zero-order chi connectivity index (χ0) is 11.5. The zero-order valence-electron chi connectivity index (χ0n) is 9.71. The number of halogens is 2. The number of nitrogens with zero attached hydrogens (tertiary/aromatic N) is 1. The summed E-state index contributed by atoms with van der Waals surface area (Å²) < 4.78 is 2.25. The highest BCUT2D eigenvalue weighted by molar-refractivity contribution is 7.13. The van der Waals surface area contributed by atoms with E-state index in [0.717, 1.165) is 22.4 Å². The van der Waals surface area contributed by atoms with Gasteiger partial charge >= 0.3 is 5.13 Å². The molecule has 92 valence electrons. The molecule has 0 spiro atoms. The van der Waals surface area contributed by atoms with Crippen LogP contribution >= 0.6 is 22.9 Å². The van der Waals surface area contributed by atoms with E-state index in [9.17, 15) is 0 Å². The minimum Gasteiger partial charge on any atom is -1.00 e. The Hall–Kier alpha value is -0.580. The second kappa shape index (κ2) is 6.38. The number of aromatic nitrogens is 1. The molecule has 0 amide bonds. The van der Waals surface area contributed by atoms with E-state index in [4.69, 9.17) is 11.6 Å². The topological polar surface area (TPSA) is 15.9 Å². The first-order valence-corrected chi connectivity index (χ1v) is 6.47. The first kappa shape index (κ1) is 14.5. The van der Waals surface area contributed by atoms with Crippen LogP contribution in [0, 0.1) is 6.92 Å². The lowest BCUT2D eigenvalue weighted by Gasteiger charge is -2.00. The fraction of sp³-hybridized carbons (Fsp3) is 0.250. The molecule has 1 aromatic heterocycles. The van der Waals surface area contributed by atoms with E-state index in [1.54, 1.807) is 11.3 Å². The van der Waals surface area contributed by atoms with Gasteiger partial charge in [-0.05, 0) is 38.1 Å². The summed E-state index contributed by atoms with van der Waals surface area (Å²) in [7, 11) is 0. The van der Waals surface area contributed by atoms with Gasteiger partial charge < -0.3 is 17.0 Å². The van der Waals surface area contributed by atoms with E-state index >= 15 is 0 Å². The molecule has 2 nitrogen and oxygen atoms in total. The largest absolute Gasteiger partial charge is 1.00 e. The molecule has 0 radical (unpaired) electrons. The third-order valence-corrected chi connectivity index (χ3v) is 3.68. The number of hydrogen-bond acceptors (Lipinski definition) is 2. The van der Waals surface area contributed by atoms with Crippen molar-refractivity contribution in [3.05, 3.63) is 40.4 Å². The molecule has 0 saturated carbocycles. The molecule has 0 atom stereocenters. The van der Waals surface area contributed by atoms with Crippen LogP contribution in [0.3, 0.4) is 0 Å². The Balaban J connectivity index is 0.00000144. The summed E-state index contributed by atoms with van der Waals surface area (Å²) in [6.45, 7) is 5.24. The van der Waals surface area contributed by atoms with E-state index in [-0.39, 0.29) is 17.0 Å². The van der Waals surface area contributed by atoms with Gasteiger partial charge in [0.15, 0.2) is 0 Å². The Kier molecular flexibility index (Phi) is 5.43. The normalized spacial score (nSPS) is 9.82. The number of hydrogen-bond donors (Lipinski definition) is 1. The highest BCUT2D eigenvalue weighted by atomic mass is 79.9. The lowest BCUT2D eigenvalue weighted by molar-refractivity contribution is -0.681. The van der Waals surface area contributed by atoms with Crippen molar-refractivity contribution in [1.29, 1.82) is 0 Å². The van der Waals surface area contributed by atoms with Gasteiger partial charge in [0.1, 0.15) is 11.4 Å². The maximum absolute atomic E-state index is 5.85. The van der Waals surface area contributed by atoms with Gasteiger partial charge in [-0.2, -0.15) is 0 Å². The summed E-state index contributed by atoms with van der Waals surface area (Å²) in [5.74, 6) is 0. The van der Waals surface area contributed by atoms with Gasteiger partial charge in [0, 0.05) is 10.4 Å². The smallest absolute Gasteiger partial charge is 0.339 e. The fourth-order valence-corrected chi connectivity index (χ4v) is 2.69. The zero-order valence-corrected chi connectivity index (χ0v) is 12.9. The van der Waals surface area contributed by atoms with Gasteiger partial charge in [-0.1, -0.05) is 22.9 Å². The monoisotopic (exact) mass is 332 g/mol. The Labute approximate surface area is 121 Å². The summed E-state index contributed by atoms with van der Waals surface area (Å²) in [4.78, 5) is 0. The summed E-state index contributed by atoms with van der Waals surface area (Å²) >= 11 is 7.57. The van der Waals surface area contributed by atoms with Crippen molar-refractivity contribution < 1.29 is 21.5 Å². The van der Waals surface area contributed by atoms with Gasteiger partial charge in [0.2, 0.25) is 0 Å². The van der Waals surface area contributed by atoms with Gasteiger partial charge in [0.05, 0.1) is 6.54 Å². The van der Waals surface area contributed by atoms with Gasteiger partial charge in [-0.15, -0.1) is 0 Å². The summed E-state index contributed by atoms with van der Waals surface area (Å²) in [6.07, 6.45) is 0. The van der Waals surface area contributed by atoms with Gasteiger partial charge in [0.25, 0.3) is 0 Å². The lowest BCUT2D eigenvalue weighted by atomic mass is 10.3. The fourth-order valence-electron chi connectivity index (χ4n) is 1.58. The molecular weight excluding hydrogens is 320 g/mol. The molecule has 0 aliphatic heterocycles. The average molecular weight is 334 g/mol. The number of aryl methyl sites for hydroxylation is 1. The molecule has 2 rings (SSSR count). The van der Waals surface area contributed by atoms with Crippen LogP contribution < -0.4 is 26.9 Å². The number of anilines is 2. The first-order valence-electron chi connectivity index (χ1n) is 5.21. The van der Waals surface area contributed by atoms with Crippen molar-refractivity contribution in [2.24, 2.45) is 0 Å². The molecule has 0 unspecified atom stereocenters. The molecular formula is C12H14BrClN2S. The summed E-state index contributed by atoms with van der Waals surface area (Å²) in [6, 6.07) is 7.75. The quantitative estimate of drug-likeness (QED) is 0.820. The Bertz CT molecular complexity index is 482. The third-order valence-electron chi connectivity index (χ3n) is 2.42. The Morgan fingerprint density at radius 1 is 1.29 bits per heavy atom. The van der Waals surface area contributed by atoms with E-state index in [1.165, 1.54) is 5.69 Å². The van der Waals surface area contributed by atoms with Crippen LogP contribution in [0.4, 0.5) is 10.8 Å². The number of rotatable bonds is 3. The highest BCUT2D eigenvalue weighted by Crippen LogP contribution is 2.20. The lowest BCUT2D eigenvalue weighted by Crippen LogP contribution is -3.00. The molecule has 1 heterocycles. The van der Waals surface area contributed by atoms with Gasteiger partial charge in [-0.3, -0.25) is 0 Å². The van der Waals surface area contributed by atoms with Crippen LogP contribution in [0.5, 0.6) is 0 Å². The molecule has 17 heavy (non-hydrogen) atoms. The van der Waals surface area contributed by atoms with Crippen LogP contribution in [-0.4, -0.2) is 0 Å². The molecule has 5 heteroatoms. The third kappa shape index (κ3) is 3.44. The Morgan fingerprint density at radius 2 is 1.94 bits per heavy atom. The van der Waals surface area contributed by atoms with Crippen LogP contribution in [0.1, 0.15) is 12.6 Å². The standard InChI is InChI=1S/C12H13ClN2S.BrH/c1-3-15-9(2)8-16-12(15)14-11-6-4-10(13)5-7-11;/h4-8H,3H2,1-2H3;1H. The molecule has 0 saturated heterocycles. The molecule has 0 aliphatic carbocycles. The Morgan fingerprint density at radius 3 is 2.53 bits per heavy atom. The highest BCUT2D eigenvalue weighted by Gasteiger charge is 2.13. The second-order valence-electron chi connectivity index (χ2n) is 3.56. The van der Waals surface area contributed by atoms with Crippen molar-refractivity contribution in [2.45, 2.75) is 20.4 Å². The molecule has 1 aromatic carbocycles. The van der Waals surface area contributed by atoms with E-state index in [1.807, 2.05) is 24.3 Å². The molecule has 0 bridgehead atoms. The average Bonchev–Trinajstić information content (AvgIpc) is 2.63. The molecule has 0 aliphatic rings. The van der Waals surface area contributed by atoms with Crippen LogP contribution in [0.2, 0.25) is 5.02 Å². The van der Waals surface area contributed by atoms with Crippen molar-refractivity contribution in [3.63, 3.8) is 0 Å². The van der Waals surface area contributed by atoms with Crippen molar-refractivity contribution in [2.75, 3.05) is 5.32 Å². The SMILES string of the molecule is CC[n+]1c(C)csc1Nc1ccc(Cl)cc1.[Br-]. The van der Waals surface area contributed by atoms with E-state index in [0.29, 0.717) is 0 Å². The predicted octanol–water partition coefficient (Wildman–Crippen LogP) is 0.765. The number of thiazole rings is 1. The maximum Gasteiger partial charge on any atom is 0.339 e. The number of nitrogens with one attached hydrogen (secondary N) is 1. The van der Waals surface area contributed by atoms with E-state index in [2.05, 4.69) is 29.1 Å². The first-order chi connectivity index (χ1) is 7.70. The van der Waals surface area contributed by atoms with Crippen molar-refractivity contribution >= 4 is 33.8 Å². The van der Waals surface area contributed by atoms with Crippen molar-refractivity contribution in [3.8, 4) is 0 Å². The maximum atomic E-state index is 5.85. The molecule has 1 N–H and O–H groups in total. The summed E-state index contributed by atoms with van der Waals surface area (Å²) in [5.41, 5.74) is 2.34. The van der Waals surface area contributed by atoms with Crippen LogP contribution in [-0.2, 0) is 6.54 Å².